The van der Waals surface area contributed by atoms with Gasteiger partial charge < -0.3 is 10.1 Å². The van der Waals surface area contributed by atoms with Crippen molar-refractivity contribution in [2.24, 2.45) is 0 Å². The molecule has 1 amide bonds. The number of amides is 1. The molecular weight excluding hydrogens is 425 g/mol. The Bertz CT molecular complexity index is 941. The summed E-state index contributed by atoms with van der Waals surface area (Å²) >= 11 is 9.36. The van der Waals surface area contributed by atoms with Gasteiger partial charge in [-0.25, -0.2) is 4.39 Å². The van der Waals surface area contributed by atoms with Gasteiger partial charge in [0.1, 0.15) is 23.5 Å². The molecule has 26 heavy (non-hydrogen) atoms. The molecule has 0 heterocycles. The third-order valence-electron chi connectivity index (χ3n) is 3.10. The van der Waals surface area contributed by atoms with Crippen LogP contribution >= 0.6 is 27.5 Å². The second-order valence-corrected chi connectivity index (χ2v) is 6.13. The summed E-state index contributed by atoms with van der Waals surface area (Å²) in [5.41, 5.74) is 0.187. The van der Waals surface area contributed by atoms with Crippen LogP contribution in [0.3, 0.4) is 0 Å². The van der Waals surface area contributed by atoms with E-state index < -0.39 is 11.7 Å². The van der Waals surface area contributed by atoms with Gasteiger partial charge in [0.05, 0.1) is 15.2 Å². The van der Waals surface area contributed by atoms with E-state index in [1.54, 1.807) is 18.2 Å². The Labute approximate surface area is 162 Å². The fourth-order valence-corrected chi connectivity index (χ4v) is 2.96. The second-order valence-electron chi connectivity index (χ2n) is 4.86. The highest BCUT2D eigenvalue weighted by atomic mass is 79.9. The maximum absolute atomic E-state index is 13.6. The molecule has 0 spiro atoms. The number of nitrogens with zero attached hydrogens (tertiary/aromatic N) is 2. The summed E-state index contributed by atoms with van der Waals surface area (Å²) in [5, 5.41) is 20.3. The smallest absolute Gasteiger partial charge is 0.266 e. The third kappa shape index (κ3) is 4.82. The number of carbonyl (C=O) groups excluding carboxylic acids is 1. The molecule has 0 atom stereocenters. The van der Waals surface area contributed by atoms with Crippen molar-refractivity contribution in [3.63, 3.8) is 0 Å². The van der Waals surface area contributed by atoms with Crippen LogP contribution in [0.2, 0.25) is 5.02 Å². The van der Waals surface area contributed by atoms with Crippen LogP contribution in [0.4, 0.5) is 10.1 Å². The third-order valence-corrected chi connectivity index (χ3v) is 3.97. The van der Waals surface area contributed by atoms with Crippen molar-refractivity contribution >= 4 is 45.2 Å². The zero-order valence-corrected chi connectivity index (χ0v) is 15.4. The van der Waals surface area contributed by atoms with Gasteiger partial charge in [0.2, 0.25) is 0 Å². The number of rotatable bonds is 5. The Balaban J connectivity index is 2.28. The maximum Gasteiger partial charge on any atom is 0.266 e. The van der Waals surface area contributed by atoms with Gasteiger partial charge in [-0.05, 0) is 51.8 Å². The molecule has 0 fully saturated rings. The lowest BCUT2D eigenvalue weighted by atomic mass is 10.1. The Hall–Kier alpha value is -2.87. The first-order valence-corrected chi connectivity index (χ1v) is 8.30. The normalized spacial score (nSPS) is 10.6. The lowest BCUT2D eigenvalue weighted by molar-refractivity contribution is -0.112. The van der Waals surface area contributed by atoms with Crippen molar-refractivity contribution in [1.29, 1.82) is 10.5 Å². The topological polar surface area (TPSA) is 85.9 Å². The molecule has 2 aromatic carbocycles. The fraction of sp³-hybridized carbons (Fsp3) is 0.0556. The quantitative estimate of drug-likeness (QED) is 0.546. The van der Waals surface area contributed by atoms with E-state index in [9.17, 15) is 14.4 Å². The number of halogens is 3. The van der Waals surface area contributed by atoms with Crippen LogP contribution in [-0.4, -0.2) is 12.5 Å². The van der Waals surface area contributed by atoms with E-state index in [-0.39, 0.29) is 28.6 Å². The number of hydrogen-bond acceptors (Lipinski definition) is 4. The predicted molar refractivity (Wildman–Crippen MR) is 98.9 cm³/mol. The molecule has 2 rings (SSSR count). The van der Waals surface area contributed by atoms with E-state index in [0.717, 1.165) is 0 Å². The second kappa shape index (κ2) is 9.00. The number of carbonyl (C=O) groups is 1. The zero-order valence-electron chi connectivity index (χ0n) is 13.1. The molecule has 0 aromatic heterocycles. The van der Waals surface area contributed by atoms with Crippen LogP contribution in [-0.2, 0) is 4.79 Å². The Morgan fingerprint density at radius 3 is 2.69 bits per heavy atom. The summed E-state index contributed by atoms with van der Waals surface area (Å²) in [6.07, 6.45) is 1.31. The molecule has 130 valence electrons. The molecule has 0 saturated carbocycles. The van der Waals surface area contributed by atoms with Crippen molar-refractivity contribution in [1.82, 2.24) is 0 Å². The van der Waals surface area contributed by atoms with Crippen LogP contribution in [0.5, 0.6) is 5.75 Å². The van der Waals surface area contributed by atoms with Crippen molar-refractivity contribution in [2.75, 3.05) is 11.9 Å². The molecule has 0 bridgehead atoms. The maximum atomic E-state index is 13.6. The van der Waals surface area contributed by atoms with E-state index in [4.69, 9.17) is 21.6 Å². The summed E-state index contributed by atoms with van der Waals surface area (Å²) < 4.78 is 19.3. The molecule has 0 saturated heterocycles. The van der Waals surface area contributed by atoms with E-state index in [2.05, 4.69) is 21.2 Å². The average Bonchev–Trinajstić information content (AvgIpc) is 2.61. The monoisotopic (exact) mass is 433 g/mol. The number of anilines is 1. The van der Waals surface area contributed by atoms with Gasteiger partial charge in [-0.2, -0.15) is 10.5 Å². The standard InChI is InChI=1S/C18H10BrClFN3O2/c19-13-8-11(9-14(20)17(13)26-6-5-22)7-12(10-23)18(25)24-16-4-2-1-3-15(16)21/h1-4,7-9H,6H2,(H,24,25)/b12-7-. The van der Waals surface area contributed by atoms with Gasteiger partial charge in [0.15, 0.2) is 12.4 Å². The highest BCUT2D eigenvalue weighted by Gasteiger charge is 2.14. The van der Waals surface area contributed by atoms with Crippen molar-refractivity contribution in [2.45, 2.75) is 0 Å². The molecule has 2 aromatic rings. The molecule has 5 nitrogen and oxygen atoms in total. The van der Waals surface area contributed by atoms with Gasteiger partial charge in [0, 0.05) is 0 Å². The summed E-state index contributed by atoms with van der Waals surface area (Å²) in [5.74, 6) is -1.09. The van der Waals surface area contributed by atoms with Crippen LogP contribution in [0, 0.1) is 28.5 Å². The first-order chi connectivity index (χ1) is 12.5. The summed E-state index contributed by atoms with van der Waals surface area (Å²) in [6.45, 7) is -0.179. The van der Waals surface area contributed by atoms with Crippen LogP contribution in [0.25, 0.3) is 6.08 Å². The van der Waals surface area contributed by atoms with Gasteiger partial charge in [-0.15, -0.1) is 0 Å². The van der Waals surface area contributed by atoms with Gasteiger partial charge in [0.25, 0.3) is 5.91 Å². The van der Waals surface area contributed by atoms with E-state index in [1.807, 2.05) is 6.07 Å². The highest BCUT2D eigenvalue weighted by molar-refractivity contribution is 9.10. The SMILES string of the molecule is N#CCOc1c(Cl)cc(/C=C(/C#N)C(=O)Nc2ccccc2F)cc1Br. The first-order valence-electron chi connectivity index (χ1n) is 7.12. The van der Waals surface area contributed by atoms with E-state index in [0.29, 0.717) is 10.0 Å². The number of benzene rings is 2. The zero-order chi connectivity index (χ0) is 19.1. The Kier molecular flexibility index (Phi) is 6.74. The van der Waals surface area contributed by atoms with Gasteiger partial charge in [-0.1, -0.05) is 23.7 Å². The lowest BCUT2D eigenvalue weighted by Crippen LogP contribution is -2.14. The Morgan fingerprint density at radius 1 is 1.35 bits per heavy atom. The summed E-state index contributed by atoms with van der Waals surface area (Å²) in [7, 11) is 0. The molecule has 0 aliphatic carbocycles. The number of nitriles is 2. The summed E-state index contributed by atoms with van der Waals surface area (Å²) in [6, 6.07) is 12.3. The molecule has 0 aliphatic heterocycles. The molecule has 1 N–H and O–H groups in total. The number of ether oxygens (including phenoxy) is 1. The van der Waals surface area contributed by atoms with Crippen LogP contribution in [0.15, 0.2) is 46.4 Å². The van der Waals surface area contributed by atoms with Crippen LogP contribution < -0.4 is 10.1 Å². The molecule has 0 aliphatic rings. The van der Waals surface area contributed by atoms with Gasteiger partial charge >= 0.3 is 0 Å². The van der Waals surface area contributed by atoms with E-state index >= 15 is 0 Å². The predicted octanol–water partition coefficient (Wildman–Crippen LogP) is 4.69. The number of hydrogen-bond donors (Lipinski definition) is 1. The largest absolute Gasteiger partial charge is 0.476 e. The van der Waals surface area contributed by atoms with Crippen molar-refractivity contribution in [3.8, 4) is 17.9 Å². The molecule has 0 radical (unpaired) electrons. The molecule has 8 heteroatoms. The van der Waals surface area contributed by atoms with Crippen LogP contribution in [0.1, 0.15) is 5.56 Å². The fourth-order valence-electron chi connectivity index (χ4n) is 1.97. The minimum atomic E-state index is -0.755. The number of para-hydroxylation sites is 1. The van der Waals surface area contributed by atoms with E-state index in [1.165, 1.54) is 30.3 Å². The first kappa shape index (κ1) is 19.5. The number of nitrogens with one attached hydrogen (secondary N) is 1. The van der Waals surface area contributed by atoms with Crippen molar-refractivity contribution < 1.29 is 13.9 Å². The highest BCUT2D eigenvalue weighted by Crippen LogP contribution is 2.35. The Morgan fingerprint density at radius 2 is 2.08 bits per heavy atom. The average molecular weight is 435 g/mol. The van der Waals surface area contributed by atoms with Crippen molar-refractivity contribution in [3.05, 3.63) is 62.8 Å². The minimum absolute atomic E-state index is 0.0295. The molecular formula is C18H10BrClFN3O2. The minimum Gasteiger partial charge on any atom is -0.476 e. The molecule has 0 unspecified atom stereocenters. The lowest BCUT2D eigenvalue weighted by Gasteiger charge is -2.09. The van der Waals surface area contributed by atoms with Gasteiger partial charge in [-0.3, -0.25) is 4.79 Å². The summed E-state index contributed by atoms with van der Waals surface area (Å²) in [4.78, 5) is 12.2.